The lowest BCUT2D eigenvalue weighted by atomic mass is 10.1. The van der Waals surface area contributed by atoms with E-state index in [0.717, 1.165) is 16.5 Å². The van der Waals surface area contributed by atoms with Gasteiger partial charge in [-0.25, -0.2) is 4.79 Å². The summed E-state index contributed by atoms with van der Waals surface area (Å²) in [5, 5.41) is 4.24. The average molecular weight is 296 g/mol. The Balaban J connectivity index is 2.28. The third kappa shape index (κ3) is 3.81. The molecular formula is C16H16N4O2. The molecule has 0 aliphatic rings. The summed E-state index contributed by atoms with van der Waals surface area (Å²) < 4.78 is 6.83. The molecule has 0 N–H and O–H groups in total. The number of aromatic nitrogens is 1. The quantitative estimate of drug-likeness (QED) is 0.344. The van der Waals surface area contributed by atoms with Gasteiger partial charge in [0.2, 0.25) is 0 Å². The molecule has 0 fully saturated rings. The van der Waals surface area contributed by atoms with Crippen molar-refractivity contribution in [2.24, 2.45) is 5.11 Å². The fourth-order valence-electron chi connectivity index (χ4n) is 1.90. The molecule has 0 unspecified atom stereocenters. The minimum atomic E-state index is -0.541. The highest BCUT2D eigenvalue weighted by Gasteiger charge is 2.18. The number of ether oxygens (including phenoxy) is 1. The highest BCUT2D eigenvalue weighted by atomic mass is 16.6. The minimum absolute atomic E-state index is 0.132. The van der Waals surface area contributed by atoms with Crippen molar-refractivity contribution in [2.45, 2.75) is 26.4 Å². The highest BCUT2D eigenvalue weighted by molar-refractivity contribution is 5.90. The SMILES string of the molecule is CC(C)(C)OC(=O)n1ccc2cc(C#CCN=[N+]=[N-])ccc21. The van der Waals surface area contributed by atoms with Gasteiger partial charge in [0.1, 0.15) is 5.60 Å². The van der Waals surface area contributed by atoms with Crippen LogP contribution in [0.5, 0.6) is 0 Å². The van der Waals surface area contributed by atoms with Crippen LogP contribution < -0.4 is 0 Å². The number of rotatable bonds is 1. The van der Waals surface area contributed by atoms with Crippen molar-refractivity contribution < 1.29 is 9.53 Å². The number of hydrogen-bond donors (Lipinski definition) is 0. The molecule has 1 aromatic heterocycles. The predicted molar refractivity (Wildman–Crippen MR) is 84.5 cm³/mol. The Morgan fingerprint density at radius 3 is 2.86 bits per heavy atom. The van der Waals surface area contributed by atoms with Crippen molar-refractivity contribution in [3.63, 3.8) is 0 Å². The predicted octanol–water partition coefficient (Wildman–Crippen LogP) is 4.09. The fourth-order valence-corrected chi connectivity index (χ4v) is 1.90. The van der Waals surface area contributed by atoms with Crippen molar-refractivity contribution in [2.75, 3.05) is 6.54 Å². The number of hydrogen-bond acceptors (Lipinski definition) is 3. The first-order valence-corrected chi connectivity index (χ1v) is 6.75. The molecule has 2 rings (SSSR count). The molecule has 0 radical (unpaired) electrons. The second-order valence-electron chi connectivity index (χ2n) is 5.63. The summed E-state index contributed by atoms with van der Waals surface area (Å²) in [6, 6.07) is 7.33. The topological polar surface area (TPSA) is 80.0 Å². The van der Waals surface area contributed by atoms with E-state index in [1.807, 2.05) is 45.0 Å². The lowest BCUT2D eigenvalue weighted by molar-refractivity contribution is 0.0544. The summed E-state index contributed by atoms with van der Waals surface area (Å²) in [6.07, 6.45) is 1.26. The minimum Gasteiger partial charge on any atom is -0.443 e. The van der Waals surface area contributed by atoms with Gasteiger partial charge in [0.15, 0.2) is 0 Å². The monoisotopic (exact) mass is 296 g/mol. The molecule has 6 heteroatoms. The van der Waals surface area contributed by atoms with Gasteiger partial charge in [-0.05, 0) is 50.6 Å². The largest absolute Gasteiger partial charge is 0.443 e. The fraction of sp³-hybridized carbons (Fsp3) is 0.312. The number of benzene rings is 1. The number of carbonyl (C=O) groups excluding carboxylic acids is 1. The Labute approximate surface area is 128 Å². The molecule has 22 heavy (non-hydrogen) atoms. The maximum absolute atomic E-state index is 12.1. The van der Waals surface area contributed by atoms with Gasteiger partial charge in [0.25, 0.3) is 0 Å². The normalized spacial score (nSPS) is 10.5. The van der Waals surface area contributed by atoms with Crippen LogP contribution >= 0.6 is 0 Å². The Bertz CT molecular complexity index is 812. The molecular weight excluding hydrogens is 280 g/mol. The Morgan fingerprint density at radius 1 is 1.41 bits per heavy atom. The molecule has 6 nitrogen and oxygen atoms in total. The van der Waals surface area contributed by atoms with Crippen LogP contribution in [0.25, 0.3) is 21.3 Å². The van der Waals surface area contributed by atoms with E-state index in [4.69, 9.17) is 10.3 Å². The smallest absolute Gasteiger partial charge is 0.418 e. The molecule has 112 valence electrons. The van der Waals surface area contributed by atoms with E-state index in [9.17, 15) is 4.79 Å². The Kier molecular flexibility index (Phi) is 4.40. The Morgan fingerprint density at radius 2 is 2.18 bits per heavy atom. The van der Waals surface area contributed by atoms with Crippen LogP contribution in [0.4, 0.5) is 4.79 Å². The summed E-state index contributed by atoms with van der Waals surface area (Å²) in [5.41, 5.74) is 9.20. The number of nitrogens with zero attached hydrogens (tertiary/aromatic N) is 4. The van der Waals surface area contributed by atoms with Crippen molar-refractivity contribution >= 4 is 17.0 Å². The van der Waals surface area contributed by atoms with E-state index in [1.54, 1.807) is 6.20 Å². The second-order valence-corrected chi connectivity index (χ2v) is 5.63. The van der Waals surface area contributed by atoms with Crippen molar-refractivity contribution in [3.05, 3.63) is 46.5 Å². The molecule has 0 amide bonds. The maximum Gasteiger partial charge on any atom is 0.418 e. The molecule has 1 heterocycles. The third-order valence-electron chi connectivity index (χ3n) is 2.73. The van der Waals surface area contributed by atoms with Gasteiger partial charge in [0.05, 0.1) is 12.1 Å². The van der Waals surface area contributed by atoms with Crippen LogP contribution in [0.1, 0.15) is 26.3 Å². The van der Waals surface area contributed by atoms with Gasteiger partial charge >= 0.3 is 6.09 Å². The van der Waals surface area contributed by atoms with E-state index in [0.29, 0.717) is 0 Å². The highest BCUT2D eigenvalue weighted by Crippen LogP contribution is 2.19. The van der Waals surface area contributed by atoms with Crippen LogP contribution in [0, 0.1) is 11.8 Å². The lowest BCUT2D eigenvalue weighted by Gasteiger charge is -2.19. The first-order valence-electron chi connectivity index (χ1n) is 6.75. The van der Waals surface area contributed by atoms with Crippen LogP contribution in [0.3, 0.4) is 0 Å². The maximum atomic E-state index is 12.1. The molecule has 0 atom stereocenters. The van der Waals surface area contributed by atoms with E-state index >= 15 is 0 Å². The molecule has 0 saturated heterocycles. The zero-order chi connectivity index (χ0) is 16.2. The summed E-state index contributed by atoms with van der Waals surface area (Å²) >= 11 is 0. The molecule has 1 aromatic carbocycles. The summed E-state index contributed by atoms with van der Waals surface area (Å²) in [5.74, 6) is 5.67. The number of azide groups is 1. The van der Waals surface area contributed by atoms with E-state index < -0.39 is 11.7 Å². The number of fused-ring (bicyclic) bond motifs is 1. The van der Waals surface area contributed by atoms with Crippen LogP contribution in [-0.2, 0) is 4.74 Å². The molecule has 0 aliphatic carbocycles. The van der Waals surface area contributed by atoms with Crippen molar-refractivity contribution in [1.29, 1.82) is 0 Å². The Hall–Kier alpha value is -2.90. The molecule has 0 bridgehead atoms. The molecule has 2 aromatic rings. The van der Waals surface area contributed by atoms with Crippen molar-refractivity contribution in [1.82, 2.24) is 4.57 Å². The second kappa shape index (κ2) is 6.25. The van der Waals surface area contributed by atoms with E-state index in [1.165, 1.54) is 4.57 Å². The summed E-state index contributed by atoms with van der Waals surface area (Å²) in [4.78, 5) is 14.8. The first-order chi connectivity index (χ1) is 10.4. The average Bonchev–Trinajstić information content (AvgIpc) is 2.85. The van der Waals surface area contributed by atoms with Crippen LogP contribution in [0.15, 0.2) is 35.6 Å². The van der Waals surface area contributed by atoms with Gasteiger partial charge in [-0.2, -0.15) is 0 Å². The number of carbonyl (C=O) groups is 1. The summed E-state index contributed by atoms with van der Waals surface area (Å²) in [7, 11) is 0. The first kappa shape index (κ1) is 15.5. The molecule has 0 aliphatic heterocycles. The van der Waals surface area contributed by atoms with E-state index in [2.05, 4.69) is 21.9 Å². The zero-order valence-corrected chi connectivity index (χ0v) is 12.7. The molecule has 0 saturated carbocycles. The molecule has 0 spiro atoms. The third-order valence-corrected chi connectivity index (χ3v) is 2.73. The standard InChI is InChI=1S/C16H16N4O2/c1-16(2,3)22-15(21)20-10-8-13-11-12(6-7-14(13)20)5-4-9-18-19-17/h6-8,10-11H,9H2,1-3H3. The zero-order valence-electron chi connectivity index (χ0n) is 12.7. The van der Waals surface area contributed by atoms with Gasteiger partial charge in [-0.15, -0.1) is 0 Å². The van der Waals surface area contributed by atoms with Gasteiger partial charge in [-0.3, -0.25) is 4.57 Å². The van der Waals surface area contributed by atoms with Crippen LogP contribution in [0.2, 0.25) is 0 Å². The van der Waals surface area contributed by atoms with E-state index in [-0.39, 0.29) is 6.54 Å². The van der Waals surface area contributed by atoms with Gasteiger partial charge in [0, 0.05) is 22.1 Å². The summed E-state index contributed by atoms with van der Waals surface area (Å²) in [6.45, 7) is 5.61. The van der Waals surface area contributed by atoms with Crippen LogP contribution in [-0.4, -0.2) is 22.8 Å². The van der Waals surface area contributed by atoms with Gasteiger partial charge in [-0.1, -0.05) is 17.0 Å². The van der Waals surface area contributed by atoms with Gasteiger partial charge < -0.3 is 4.74 Å². The lowest BCUT2D eigenvalue weighted by Crippen LogP contribution is -2.26. The van der Waals surface area contributed by atoms with Crippen molar-refractivity contribution in [3.8, 4) is 11.8 Å².